The standard InChI is InChI=1S/C15H17N3O2/c1-18-9-11(3-5-14(18)20)17-15-13-8-12(19)4-2-10(13)6-7-16-15/h2,4,6-8,11,19H,3,5,9H2,1H3,(H,16,17). The van der Waals surface area contributed by atoms with Crippen LogP contribution in [0, 0.1) is 0 Å². The van der Waals surface area contributed by atoms with Gasteiger partial charge in [-0.15, -0.1) is 0 Å². The van der Waals surface area contributed by atoms with Gasteiger partial charge < -0.3 is 15.3 Å². The van der Waals surface area contributed by atoms with Crippen LogP contribution in [0.5, 0.6) is 5.75 Å². The van der Waals surface area contributed by atoms with Crippen LogP contribution in [0.1, 0.15) is 12.8 Å². The molecule has 1 atom stereocenters. The number of fused-ring (bicyclic) bond motifs is 1. The Morgan fingerprint density at radius 3 is 3.05 bits per heavy atom. The second-order valence-corrected chi connectivity index (χ2v) is 5.22. The molecule has 0 radical (unpaired) electrons. The fraction of sp³-hybridized carbons (Fsp3) is 0.333. The monoisotopic (exact) mass is 271 g/mol. The van der Waals surface area contributed by atoms with E-state index in [0.717, 1.165) is 23.0 Å². The molecule has 0 bridgehead atoms. The fourth-order valence-corrected chi connectivity index (χ4v) is 2.59. The van der Waals surface area contributed by atoms with Crippen LogP contribution >= 0.6 is 0 Å². The molecule has 0 spiro atoms. The predicted octanol–water partition coefficient (Wildman–Crippen LogP) is 1.97. The maximum Gasteiger partial charge on any atom is 0.222 e. The zero-order chi connectivity index (χ0) is 14.1. The van der Waals surface area contributed by atoms with Crippen LogP contribution in [0.15, 0.2) is 30.5 Å². The minimum atomic E-state index is 0.187. The van der Waals surface area contributed by atoms with Gasteiger partial charge in [0.2, 0.25) is 5.91 Å². The Balaban J connectivity index is 1.87. The summed E-state index contributed by atoms with van der Waals surface area (Å²) < 4.78 is 0. The van der Waals surface area contributed by atoms with Crippen LogP contribution in [-0.2, 0) is 4.79 Å². The number of nitrogens with one attached hydrogen (secondary N) is 1. The van der Waals surface area contributed by atoms with Crippen molar-refractivity contribution < 1.29 is 9.90 Å². The van der Waals surface area contributed by atoms with Crippen LogP contribution in [0.25, 0.3) is 10.8 Å². The number of hydrogen-bond acceptors (Lipinski definition) is 4. The number of piperidine rings is 1. The molecule has 1 fully saturated rings. The van der Waals surface area contributed by atoms with Gasteiger partial charge in [0, 0.05) is 37.6 Å². The van der Waals surface area contributed by atoms with Crippen LogP contribution in [0.2, 0.25) is 0 Å². The lowest BCUT2D eigenvalue weighted by atomic mass is 10.1. The Hall–Kier alpha value is -2.30. The molecule has 1 aliphatic rings. The normalized spacial score (nSPS) is 19.4. The number of amides is 1. The zero-order valence-electron chi connectivity index (χ0n) is 11.3. The summed E-state index contributed by atoms with van der Waals surface area (Å²) in [5.74, 6) is 1.17. The Bertz CT molecular complexity index is 657. The van der Waals surface area contributed by atoms with Crippen LogP contribution in [-0.4, -0.2) is 40.5 Å². The Labute approximate surface area is 117 Å². The average molecular weight is 271 g/mol. The number of rotatable bonds is 2. The third-order valence-electron chi connectivity index (χ3n) is 3.72. The first kappa shape index (κ1) is 12.7. The number of hydrogen-bond donors (Lipinski definition) is 2. The van der Waals surface area contributed by atoms with Crippen molar-refractivity contribution in [3.05, 3.63) is 30.5 Å². The van der Waals surface area contributed by atoms with E-state index in [2.05, 4.69) is 10.3 Å². The predicted molar refractivity (Wildman–Crippen MR) is 77.7 cm³/mol. The molecule has 1 aromatic carbocycles. The number of aromatic hydroxyl groups is 1. The molecule has 2 heterocycles. The third kappa shape index (κ3) is 2.39. The maximum absolute atomic E-state index is 11.5. The summed E-state index contributed by atoms with van der Waals surface area (Å²) >= 11 is 0. The van der Waals surface area contributed by atoms with Gasteiger partial charge >= 0.3 is 0 Å². The zero-order valence-corrected chi connectivity index (χ0v) is 11.3. The van der Waals surface area contributed by atoms with Crippen molar-refractivity contribution in [2.75, 3.05) is 18.9 Å². The number of phenols is 1. The van der Waals surface area contributed by atoms with E-state index in [0.29, 0.717) is 13.0 Å². The summed E-state index contributed by atoms with van der Waals surface area (Å²) in [6, 6.07) is 7.35. The largest absolute Gasteiger partial charge is 0.508 e. The molecule has 0 saturated carbocycles. The third-order valence-corrected chi connectivity index (χ3v) is 3.72. The molecule has 1 amide bonds. The molecule has 2 N–H and O–H groups in total. The number of pyridine rings is 1. The minimum Gasteiger partial charge on any atom is -0.508 e. The van der Waals surface area contributed by atoms with Gasteiger partial charge in [-0.1, -0.05) is 6.07 Å². The number of carbonyl (C=O) groups excluding carboxylic acids is 1. The smallest absolute Gasteiger partial charge is 0.222 e. The van der Waals surface area contributed by atoms with Crippen LogP contribution in [0.4, 0.5) is 5.82 Å². The Morgan fingerprint density at radius 2 is 2.25 bits per heavy atom. The highest BCUT2D eigenvalue weighted by atomic mass is 16.3. The van der Waals surface area contributed by atoms with Gasteiger partial charge in [0.1, 0.15) is 11.6 Å². The molecule has 3 rings (SSSR count). The lowest BCUT2D eigenvalue weighted by Crippen LogP contribution is -2.43. The van der Waals surface area contributed by atoms with E-state index in [-0.39, 0.29) is 17.7 Å². The van der Waals surface area contributed by atoms with Gasteiger partial charge in [-0.3, -0.25) is 4.79 Å². The van der Waals surface area contributed by atoms with E-state index >= 15 is 0 Å². The number of phenolic OH excluding ortho intramolecular Hbond substituents is 1. The molecule has 0 aliphatic carbocycles. The van der Waals surface area contributed by atoms with Gasteiger partial charge in [0.25, 0.3) is 0 Å². The van der Waals surface area contributed by atoms with E-state index in [1.807, 2.05) is 19.2 Å². The summed E-state index contributed by atoms with van der Waals surface area (Å²) in [6.07, 6.45) is 3.11. The highest BCUT2D eigenvalue weighted by Gasteiger charge is 2.23. The molecule has 1 aliphatic heterocycles. The molecule has 1 aromatic heterocycles. The molecular weight excluding hydrogens is 254 g/mol. The van der Waals surface area contributed by atoms with Gasteiger partial charge in [0.05, 0.1) is 0 Å². The summed E-state index contributed by atoms with van der Waals surface area (Å²) in [4.78, 5) is 17.6. The number of anilines is 1. The maximum atomic E-state index is 11.5. The van der Waals surface area contributed by atoms with Gasteiger partial charge in [-0.2, -0.15) is 0 Å². The summed E-state index contributed by atoms with van der Waals surface area (Å²) in [5.41, 5.74) is 0. The van der Waals surface area contributed by atoms with Gasteiger partial charge in [-0.25, -0.2) is 4.98 Å². The number of benzene rings is 1. The first-order chi connectivity index (χ1) is 9.63. The number of likely N-dealkylation sites (N-methyl/N-ethyl adjacent to an activating group) is 1. The highest BCUT2D eigenvalue weighted by molar-refractivity contribution is 5.92. The number of aromatic nitrogens is 1. The van der Waals surface area contributed by atoms with Crippen molar-refractivity contribution >= 4 is 22.5 Å². The van der Waals surface area contributed by atoms with E-state index in [1.54, 1.807) is 23.2 Å². The molecule has 5 heteroatoms. The van der Waals surface area contributed by atoms with Crippen molar-refractivity contribution in [3.8, 4) is 5.75 Å². The second-order valence-electron chi connectivity index (χ2n) is 5.22. The summed E-state index contributed by atoms with van der Waals surface area (Å²) in [7, 11) is 1.82. The number of carbonyl (C=O) groups is 1. The van der Waals surface area contributed by atoms with E-state index in [9.17, 15) is 9.90 Å². The van der Waals surface area contributed by atoms with E-state index in [4.69, 9.17) is 0 Å². The van der Waals surface area contributed by atoms with Crippen molar-refractivity contribution in [2.24, 2.45) is 0 Å². The van der Waals surface area contributed by atoms with Crippen LogP contribution in [0.3, 0.4) is 0 Å². The van der Waals surface area contributed by atoms with Crippen molar-refractivity contribution in [1.29, 1.82) is 0 Å². The molecule has 2 aromatic rings. The lowest BCUT2D eigenvalue weighted by molar-refractivity contribution is -0.132. The van der Waals surface area contributed by atoms with Crippen molar-refractivity contribution in [3.63, 3.8) is 0 Å². The molecule has 5 nitrogen and oxygen atoms in total. The van der Waals surface area contributed by atoms with E-state index < -0.39 is 0 Å². The van der Waals surface area contributed by atoms with Crippen molar-refractivity contribution in [2.45, 2.75) is 18.9 Å². The SMILES string of the molecule is CN1CC(Nc2nccc3ccc(O)cc23)CCC1=O. The van der Waals surface area contributed by atoms with Crippen LogP contribution < -0.4 is 5.32 Å². The molecule has 104 valence electrons. The molecular formula is C15H17N3O2. The number of likely N-dealkylation sites (tertiary alicyclic amines) is 1. The summed E-state index contributed by atoms with van der Waals surface area (Å²) in [6.45, 7) is 0.676. The molecule has 20 heavy (non-hydrogen) atoms. The minimum absolute atomic E-state index is 0.187. The number of nitrogens with zero attached hydrogens (tertiary/aromatic N) is 2. The topological polar surface area (TPSA) is 65.5 Å². The highest BCUT2D eigenvalue weighted by Crippen LogP contribution is 2.26. The van der Waals surface area contributed by atoms with Crippen molar-refractivity contribution in [1.82, 2.24) is 9.88 Å². The molecule has 1 unspecified atom stereocenters. The molecule has 1 saturated heterocycles. The van der Waals surface area contributed by atoms with E-state index in [1.165, 1.54) is 0 Å². The second kappa shape index (κ2) is 5.00. The summed E-state index contributed by atoms with van der Waals surface area (Å²) in [5, 5.41) is 14.9. The van der Waals surface area contributed by atoms with Gasteiger partial charge in [0.15, 0.2) is 0 Å². The average Bonchev–Trinajstić information content (AvgIpc) is 2.44. The Morgan fingerprint density at radius 1 is 1.40 bits per heavy atom. The first-order valence-electron chi connectivity index (χ1n) is 6.72. The fourth-order valence-electron chi connectivity index (χ4n) is 2.59. The van der Waals surface area contributed by atoms with Gasteiger partial charge in [-0.05, 0) is 30.0 Å². The quantitative estimate of drug-likeness (QED) is 0.876. The first-order valence-corrected chi connectivity index (χ1v) is 6.72. The lowest BCUT2D eigenvalue weighted by Gasteiger charge is -2.30. The Kier molecular flexibility index (Phi) is 3.18.